The number of rotatable bonds is 6. The van der Waals surface area contributed by atoms with Crippen LogP contribution in [0.5, 0.6) is 0 Å². The van der Waals surface area contributed by atoms with E-state index in [1.54, 1.807) is 6.33 Å². The van der Waals surface area contributed by atoms with E-state index < -0.39 is 6.23 Å². The molecule has 2 unspecified atom stereocenters. The number of H-pyrrole nitrogens is 1. The van der Waals surface area contributed by atoms with Gasteiger partial charge < -0.3 is 21.6 Å². The van der Waals surface area contributed by atoms with Crippen LogP contribution in [0.4, 0.5) is 0 Å². The maximum absolute atomic E-state index is 9.72. The highest BCUT2D eigenvalue weighted by Crippen LogP contribution is 2.41. The van der Waals surface area contributed by atoms with E-state index in [0.717, 1.165) is 61.2 Å². The van der Waals surface area contributed by atoms with Crippen LogP contribution in [0.1, 0.15) is 28.7 Å². The number of aliphatic hydroxyl groups excluding tert-OH is 1. The summed E-state index contributed by atoms with van der Waals surface area (Å²) in [4.78, 5) is 14.5. The van der Waals surface area contributed by atoms with Gasteiger partial charge in [-0.05, 0) is 60.2 Å². The molecule has 1 saturated heterocycles. The van der Waals surface area contributed by atoms with E-state index >= 15 is 0 Å². The van der Waals surface area contributed by atoms with Crippen LogP contribution < -0.4 is 11.5 Å². The lowest BCUT2D eigenvalue weighted by molar-refractivity contribution is 0.116. The molecule has 3 atom stereocenters. The number of aliphatic hydroxyl groups is 1. The van der Waals surface area contributed by atoms with Gasteiger partial charge in [0.15, 0.2) is 0 Å². The van der Waals surface area contributed by atoms with E-state index in [4.69, 9.17) is 11.5 Å². The Labute approximate surface area is 205 Å². The lowest BCUT2D eigenvalue weighted by atomic mass is 9.77. The second kappa shape index (κ2) is 8.84. The van der Waals surface area contributed by atoms with Crippen LogP contribution in [-0.2, 0) is 24.8 Å². The molecular weight excluding hydrogens is 436 g/mol. The van der Waals surface area contributed by atoms with Gasteiger partial charge in [0.2, 0.25) is 0 Å². The Morgan fingerprint density at radius 3 is 2.83 bits per heavy atom. The molecule has 0 amide bonds. The van der Waals surface area contributed by atoms with Gasteiger partial charge in [-0.25, -0.2) is 9.97 Å². The van der Waals surface area contributed by atoms with Crippen molar-refractivity contribution in [3.8, 4) is 11.3 Å². The summed E-state index contributed by atoms with van der Waals surface area (Å²) >= 11 is 0. The third kappa shape index (κ3) is 4.04. The van der Waals surface area contributed by atoms with Crippen molar-refractivity contribution in [2.24, 2.45) is 17.4 Å². The van der Waals surface area contributed by atoms with E-state index in [0.29, 0.717) is 6.54 Å². The predicted molar refractivity (Wildman–Crippen MR) is 137 cm³/mol. The van der Waals surface area contributed by atoms with E-state index in [2.05, 4.69) is 62.3 Å². The molecule has 0 radical (unpaired) electrons. The minimum Gasteiger partial charge on any atom is -0.378 e. The normalized spacial score (nSPS) is 23.1. The van der Waals surface area contributed by atoms with Crippen LogP contribution in [0.3, 0.4) is 0 Å². The zero-order chi connectivity index (χ0) is 24.0. The van der Waals surface area contributed by atoms with E-state index in [1.807, 2.05) is 12.3 Å². The molecule has 1 aliphatic carbocycles. The molecule has 7 heteroatoms. The second-order valence-corrected chi connectivity index (χ2v) is 10.3. The monoisotopic (exact) mass is 468 g/mol. The molecule has 180 valence electrons. The number of fused-ring (bicyclic) bond motifs is 2. The average Bonchev–Trinajstić information content (AvgIpc) is 3.62. The van der Waals surface area contributed by atoms with Crippen molar-refractivity contribution >= 4 is 11.0 Å². The molecule has 4 aromatic rings. The van der Waals surface area contributed by atoms with Crippen LogP contribution in [-0.4, -0.2) is 50.8 Å². The molecule has 0 bridgehead atoms. The third-order valence-electron chi connectivity index (χ3n) is 8.02. The van der Waals surface area contributed by atoms with Gasteiger partial charge in [-0.15, -0.1) is 0 Å². The molecule has 7 nitrogen and oxygen atoms in total. The molecule has 1 aliphatic heterocycles. The van der Waals surface area contributed by atoms with Gasteiger partial charge in [0.25, 0.3) is 0 Å². The molecule has 1 fully saturated rings. The fourth-order valence-corrected chi connectivity index (χ4v) is 6.01. The lowest BCUT2D eigenvalue weighted by Gasteiger charge is -2.28. The van der Waals surface area contributed by atoms with Crippen molar-refractivity contribution in [2.45, 2.75) is 37.5 Å². The van der Waals surface area contributed by atoms with Crippen LogP contribution in [0.25, 0.3) is 22.3 Å². The zero-order valence-electron chi connectivity index (χ0n) is 19.8. The Bertz CT molecular complexity index is 1360. The number of likely N-dealkylation sites (tertiary alicyclic amines) is 1. The SMILES string of the molecule is NCC1(c2cccc(-c3ncnc4[nH]ccc34)c2)Cc2ccc(CN3CC[C@H](C(N)O)C3)cc2C1. The van der Waals surface area contributed by atoms with Crippen LogP contribution in [0.2, 0.25) is 0 Å². The number of nitrogens with zero attached hydrogens (tertiary/aromatic N) is 3. The molecule has 2 aromatic carbocycles. The summed E-state index contributed by atoms with van der Waals surface area (Å²) in [5.74, 6) is 0.170. The number of hydrogen-bond acceptors (Lipinski definition) is 6. The number of nitrogens with two attached hydrogens (primary N) is 2. The van der Waals surface area contributed by atoms with Crippen molar-refractivity contribution in [1.29, 1.82) is 0 Å². The van der Waals surface area contributed by atoms with E-state index in [1.165, 1.54) is 22.3 Å². The molecule has 6 N–H and O–H groups in total. The predicted octanol–water partition coefficient (Wildman–Crippen LogP) is 2.72. The Morgan fingerprint density at radius 2 is 2.00 bits per heavy atom. The van der Waals surface area contributed by atoms with Gasteiger partial charge in [0, 0.05) is 48.1 Å². The van der Waals surface area contributed by atoms with Crippen molar-refractivity contribution < 1.29 is 5.11 Å². The Balaban J connectivity index is 1.26. The largest absolute Gasteiger partial charge is 0.378 e. The van der Waals surface area contributed by atoms with Gasteiger partial charge in [0.1, 0.15) is 18.2 Å². The number of aromatic nitrogens is 3. The van der Waals surface area contributed by atoms with Gasteiger partial charge in [-0.3, -0.25) is 4.90 Å². The molecule has 0 spiro atoms. The fraction of sp³-hybridized carbons (Fsp3) is 0.357. The summed E-state index contributed by atoms with van der Waals surface area (Å²) in [6, 6.07) is 17.6. The zero-order valence-corrected chi connectivity index (χ0v) is 19.8. The molecule has 35 heavy (non-hydrogen) atoms. The smallest absolute Gasteiger partial charge is 0.141 e. The first-order valence-electron chi connectivity index (χ1n) is 12.4. The molecule has 3 heterocycles. The topological polar surface area (TPSA) is 117 Å². The fourth-order valence-electron chi connectivity index (χ4n) is 6.01. The quantitative estimate of drug-likeness (QED) is 0.323. The molecular formula is C28H32N6O. The number of aromatic amines is 1. The van der Waals surface area contributed by atoms with Crippen LogP contribution in [0, 0.1) is 5.92 Å². The third-order valence-corrected chi connectivity index (χ3v) is 8.02. The molecule has 2 aromatic heterocycles. The molecule has 6 rings (SSSR count). The summed E-state index contributed by atoms with van der Waals surface area (Å²) in [5, 5.41) is 10.7. The number of nitrogens with one attached hydrogen (secondary N) is 1. The number of hydrogen-bond donors (Lipinski definition) is 4. The highest BCUT2D eigenvalue weighted by Gasteiger charge is 2.38. The molecule has 0 saturated carbocycles. The van der Waals surface area contributed by atoms with Crippen molar-refractivity contribution in [2.75, 3.05) is 19.6 Å². The summed E-state index contributed by atoms with van der Waals surface area (Å²) in [6.07, 6.45) is 5.62. The van der Waals surface area contributed by atoms with Crippen molar-refractivity contribution in [1.82, 2.24) is 19.9 Å². The van der Waals surface area contributed by atoms with Crippen LogP contribution >= 0.6 is 0 Å². The average molecular weight is 469 g/mol. The minimum absolute atomic E-state index is 0.121. The molecule has 2 aliphatic rings. The highest BCUT2D eigenvalue weighted by atomic mass is 16.3. The van der Waals surface area contributed by atoms with Gasteiger partial charge >= 0.3 is 0 Å². The van der Waals surface area contributed by atoms with Gasteiger partial charge in [-0.1, -0.05) is 36.4 Å². The van der Waals surface area contributed by atoms with E-state index in [-0.39, 0.29) is 11.3 Å². The Morgan fingerprint density at radius 1 is 1.11 bits per heavy atom. The van der Waals surface area contributed by atoms with Gasteiger partial charge in [-0.2, -0.15) is 0 Å². The Hall–Kier alpha value is -3.10. The lowest BCUT2D eigenvalue weighted by Crippen LogP contribution is -2.36. The minimum atomic E-state index is -0.725. The van der Waals surface area contributed by atoms with Crippen molar-refractivity contribution in [3.63, 3.8) is 0 Å². The first kappa shape index (κ1) is 22.4. The maximum atomic E-state index is 9.72. The standard InChI is InChI=1S/C28H32N6O/c29-16-28(23-3-1-2-19(11-23)25-24-6-8-31-27(24)33-17-32-25)12-20-5-4-18(10-22(20)13-28)14-34-9-7-21(15-34)26(30)35/h1-6,8,10-11,17,21,26,35H,7,9,12-16,29-30H2,(H,31,32,33)/t21-,26?,28?/m0/s1. The first-order valence-corrected chi connectivity index (χ1v) is 12.4. The summed E-state index contributed by atoms with van der Waals surface area (Å²) < 4.78 is 0. The van der Waals surface area contributed by atoms with Crippen LogP contribution in [0.15, 0.2) is 61.1 Å². The van der Waals surface area contributed by atoms with Gasteiger partial charge in [0.05, 0.1) is 5.69 Å². The maximum Gasteiger partial charge on any atom is 0.141 e. The number of benzene rings is 2. The summed E-state index contributed by atoms with van der Waals surface area (Å²) in [5.41, 5.74) is 20.3. The summed E-state index contributed by atoms with van der Waals surface area (Å²) in [7, 11) is 0. The second-order valence-electron chi connectivity index (χ2n) is 10.3. The first-order chi connectivity index (χ1) is 17.0. The van der Waals surface area contributed by atoms with E-state index in [9.17, 15) is 5.11 Å². The van der Waals surface area contributed by atoms with Crippen molar-refractivity contribution in [3.05, 3.63) is 83.3 Å². The summed E-state index contributed by atoms with van der Waals surface area (Å²) in [6.45, 7) is 3.31. The highest BCUT2D eigenvalue weighted by molar-refractivity contribution is 5.90. The Kier molecular flexibility index (Phi) is 5.65.